The van der Waals surface area contributed by atoms with Crippen LogP contribution >= 0.6 is 35.4 Å². The van der Waals surface area contributed by atoms with Gasteiger partial charge in [-0.1, -0.05) is 47.9 Å². The van der Waals surface area contributed by atoms with Crippen molar-refractivity contribution in [3.8, 4) is 0 Å². The second-order valence-corrected chi connectivity index (χ2v) is 6.32. The van der Waals surface area contributed by atoms with Crippen molar-refractivity contribution in [3.05, 3.63) is 33.8 Å². The summed E-state index contributed by atoms with van der Waals surface area (Å²) in [5.74, 6) is 0.0688. The van der Waals surface area contributed by atoms with Crippen molar-refractivity contribution >= 4 is 46.3 Å². The first-order chi connectivity index (χ1) is 9.47. The topological polar surface area (TPSA) is 55.1 Å². The number of amides is 1. The van der Waals surface area contributed by atoms with Gasteiger partial charge in [0.2, 0.25) is 5.91 Å². The first-order valence-electron chi connectivity index (χ1n) is 6.50. The number of carbonyl (C=O) groups is 1. The molecule has 20 heavy (non-hydrogen) atoms. The Balaban J connectivity index is 1.95. The SMILES string of the molecule is NC(=S)C1CCCC1NC(=O)Cc1ccc(Cl)c(Cl)c1. The Morgan fingerprint density at radius 2 is 2.10 bits per heavy atom. The summed E-state index contributed by atoms with van der Waals surface area (Å²) in [6, 6.07) is 5.26. The largest absolute Gasteiger partial charge is 0.393 e. The molecule has 1 aliphatic carbocycles. The van der Waals surface area contributed by atoms with Crippen LogP contribution < -0.4 is 11.1 Å². The summed E-state index contributed by atoms with van der Waals surface area (Å²) in [4.78, 5) is 12.5. The van der Waals surface area contributed by atoms with Gasteiger partial charge in [0.25, 0.3) is 0 Å². The smallest absolute Gasteiger partial charge is 0.224 e. The number of carbonyl (C=O) groups excluding carboxylic acids is 1. The quantitative estimate of drug-likeness (QED) is 0.834. The number of benzene rings is 1. The third-order valence-electron chi connectivity index (χ3n) is 3.58. The van der Waals surface area contributed by atoms with E-state index in [-0.39, 0.29) is 24.3 Å². The van der Waals surface area contributed by atoms with Crippen LogP contribution in [-0.2, 0) is 11.2 Å². The highest BCUT2D eigenvalue weighted by atomic mass is 35.5. The Hall–Kier alpha value is -0.840. The molecule has 0 bridgehead atoms. The summed E-state index contributed by atoms with van der Waals surface area (Å²) in [7, 11) is 0. The number of nitrogens with two attached hydrogens (primary N) is 1. The minimum atomic E-state index is -0.0449. The number of hydrogen-bond donors (Lipinski definition) is 2. The average Bonchev–Trinajstić information content (AvgIpc) is 2.82. The number of nitrogens with one attached hydrogen (secondary N) is 1. The van der Waals surface area contributed by atoms with E-state index < -0.39 is 0 Å². The molecule has 1 aromatic rings. The summed E-state index contributed by atoms with van der Waals surface area (Å²) >= 11 is 16.8. The van der Waals surface area contributed by atoms with Crippen LogP contribution in [0, 0.1) is 5.92 Å². The fourth-order valence-electron chi connectivity index (χ4n) is 2.57. The second-order valence-electron chi connectivity index (χ2n) is 5.04. The highest BCUT2D eigenvalue weighted by molar-refractivity contribution is 7.80. The van der Waals surface area contributed by atoms with Gasteiger partial charge in [-0.25, -0.2) is 0 Å². The maximum absolute atomic E-state index is 12.1. The molecule has 3 N–H and O–H groups in total. The summed E-state index contributed by atoms with van der Waals surface area (Å²) in [5, 5.41) is 3.95. The van der Waals surface area contributed by atoms with Crippen molar-refractivity contribution in [2.45, 2.75) is 31.7 Å². The molecule has 1 aromatic carbocycles. The predicted octanol–water partition coefficient (Wildman–Crippen LogP) is 3.11. The zero-order chi connectivity index (χ0) is 14.7. The van der Waals surface area contributed by atoms with Crippen LogP contribution in [0.25, 0.3) is 0 Å². The minimum Gasteiger partial charge on any atom is -0.393 e. The van der Waals surface area contributed by atoms with Gasteiger partial charge in [-0.15, -0.1) is 0 Å². The molecule has 108 valence electrons. The van der Waals surface area contributed by atoms with Crippen LogP contribution in [0.15, 0.2) is 18.2 Å². The molecule has 1 amide bonds. The molecule has 2 rings (SSSR count). The van der Waals surface area contributed by atoms with E-state index in [1.165, 1.54) is 0 Å². The van der Waals surface area contributed by atoms with Gasteiger partial charge in [0.05, 0.1) is 21.5 Å². The maximum Gasteiger partial charge on any atom is 0.224 e. The normalized spacial score (nSPS) is 21.7. The molecule has 1 fully saturated rings. The van der Waals surface area contributed by atoms with E-state index in [1.54, 1.807) is 18.2 Å². The van der Waals surface area contributed by atoms with Gasteiger partial charge in [0.1, 0.15) is 0 Å². The molecule has 0 aliphatic heterocycles. The van der Waals surface area contributed by atoms with E-state index in [2.05, 4.69) is 5.32 Å². The van der Waals surface area contributed by atoms with Gasteiger partial charge in [0, 0.05) is 12.0 Å². The summed E-state index contributed by atoms with van der Waals surface area (Å²) < 4.78 is 0. The van der Waals surface area contributed by atoms with Gasteiger partial charge < -0.3 is 11.1 Å². The Labute approximate surface area is 133 Å². The second kappa shape index (κ2) is 6.74. The third-order valence-corrected chi connectivity index (χ3v) is 4.62. The lowest BCUT2D eigenvalue weighted by Gasteiger charge is -2.20. The number of rotatable bonds is 4. The lowest BCUT2D eigenvalue weighted by Crippen LogP contribution is -2.42. The third kappa shape index (κ3) is 3.84. The summed E-state index contributed by atoms with van der Waals surface area (Å²) in [6.07, 6.45) is 3.19. The maximum atomic E-state index is 12.1. The van der Waals surface area contributed by atoms with Gasteiger partial charge in [-0.3, -0.25) is 4.79 Å². The zero-order valence-corrected chi connectivity index (χ0v) is 13.2. The van der Waals surface area contributed by atoms with Gasteiger partial charge in [-0.2, -0.15) is 0 Å². The Morgan fingerprint density at radius 1 is 1.35 bits per heavy atom. The predicted molar refractivity (Wildman–Crippen MR) is 86.2 cm³/mol. The highest BCUT2D eigenvalue weighted by Gasteiger charge is 2.30. The number of thiocarbonyl (C=S) groups is 1. The highest BCUT2D eigenvalue weighted by Crippen LogP contribution is 2.26. The molecular formula is C14H16Cl2N2OS. The number of hydrogen-bond acceptors (Lipinski definition) is 2. The van der Waals surface area contributed by atoms with E-state index in [9.17, 15) is 4.79 Å². The molecule has 0 spiro atoms. The molecule has 6 heteroatoms. The molecule has 2 unspecified atom stereocenters. The van der Waals surface area contributed by atoms with Crippen LogP contribution in [0.1, 0.15) is 24.8 Å². The average molecular weight is 331 g/mol. The van der Waals surface area contributed by atoms with E-state index in [1.807, 2.05) is 0 Å². The first-order valence-corrected chi connectivity index (χ1v) is 7.66. The minimum absolute atomic E-state index is 0.0449. The lowest BCUT2D eigenvalue weighted by atomic mass is 10.0. The van der Waals surface area contributed by atoms with Crippen molar-refractivity contribution < 1.29 is 4.79 Å². The van der Waals surface area contributed by atoms with Gasteiger partial charge in [0.15, 0.2) is 0 Å². The molecule has 0 heterocycles. The molecule has 0 saturated heterocycles. The van der Waals surface area contributed by atoms with E-state index in [4.69, 9.17) is 41.2 Å². The molecule has 3 nitrogen and oxygen atoms in total. The molecule has 0 radical (unpaired) electrons. The standard InChI is InChI=1S/C14H16Cl2N2OS/c15-10-5-4-8(6-11(10)16)7-13(19)18-12-3-1-2-9(12)14(17)20/h4-6,9,12H,1-3,7H2,(H2,17,20)(H,18,19). The Morgan fingerprint density at radius 3 is 2.75 bits per heavy atom. The van der Waals surface area contributed by atoms with Crippen LogP contribution in [-0.4, -0.2) is 16.9 Å². The van der Waals surface area contributed by atoms with Crippen molar-refractivity contribution in [1.82, 2.24) is 5.32 Å². The van der Waals surface area contributed by atoms with Crippen LogP contribution in [0.3, 0.4) is 0 Å². The van der Waals surface area contributed by atoms with Crippen molar-refractivity contribution in [1.29, 1.82) is 0 Å². The van der Waals surface area contributed by atoms with Crippen molar-refractivity contribution in [3.63, 3.8) is 0 Å². The van der Waals surface area contributed by atoms with Crippen LogP contribution in [0.2, 0.25) is 10.0 Å². The monoisotopic (exact) mass is 330 g/mol. The first kappa shape index (κ1) is 15.5. The summed E-state index contributed by atoms with van der Waals surface area (Å²) in [6.45, 7) is 0. The van der Waals surface area contributed by atoms with Gasteiger partial charge >= 0.3 is 0 Å². The van der Waals surface area contributed by atoms with Crippen molar-refractivity contribution in [2.75, 3.05) is 0 Å². The molecular weight excluding hydrogens is 315 g/mol. The molecule has 2 atom stereocenters. The molecule has 0 aromatic heterocycles. The van der Waals surface area contributed by atoms with E-state index >= 15 is 0 Å². The van der Waals surface area contributed by atoms with Crippen molar-refractivity contribution in [2.24, 2.45) is 11.7 Å². The Bertz CT molecular complexity index is 536. The van der Waals surface area contributed by atoms with Crippen LogP contribution in [0.5, 0.6) is 0 Å². The molecule has 1 saturated carbocycles. The van der Waals surface area contributed by atoms with Crippen LogP contribution in [0.4, 0.5) is 0 Å². The summed E-state index contributed by atoms with van der Waals surface area (Å²) in [5.41, 5.74) is 6.54. The van der Waals surface area contributed by atoms with E-state index in [0.29, 0.717) is 15.0 Å². The van der Waals surface area contributed by atoms with Gasteiger partial charge in [-0.05, 0) is 30.5 Å². The van der Waals surface area contributed by atoms with E-state index in [0.717, 1.165) is 24.8 Å². The zero-order valence-electron chi connectivity index (χ0n) is 10.9. The Kier molecular flexibility index (Phi) is 5.24. The lowest BCUT2D eigenvalue weighted by molar-refractivity contribution is -0.121. The molecule has 1 aliphatic rings. The fourth-order valence-corrected chi connectivity index (χ4v) is 3.17. The number of halogens is 2. The fraction of sp³-hybridized carbons (Fsp3) is 0.429.